The van der Waals surface area contributed by atoms with Crippen molar-refractivity contribution in [3.05, 3.63) is 29.8 Å². The molecule has 0 aliphatic carbocycles. The Morgan fingerprint density at radius 2 is 1.95 bits per heavy atom. The van der Waals surface area contributed by atoms with Crippen LogP contribution in [-0.2, 0) is 4.79 Å². The first-order chi connectivity index (χ1) is 10.1. The van der Waals surface area contributed by atoms with Gasteiger partial charge in [0.25, 0.3) is 5.91 Å². The third-order valence-electron chi connectivity index (χ3n) is 3.57. The maximum Gasteiger partial charge on any atom is 0.260 e. The van der Waals surface area contributed by atoms with Crippen molar-refractivity contribution in [1.82, 2.24) is 9.80 Å². The SMILES string of the molecule is CN1CCCN(C(=O)COc2ccc(C(N)=S)cc2)CC1. The van der Waals surface area contributed by atoms with Gasteiger partial charge in [0, 0.05) is 25.2 Å². The molecule has 0 radical (unpaired) electrons. The number of hydrogen-bond acceptors (Lipinski definition) is 4. The lowest BCUT2D eigenvalue weighted by Crippen LogP contribution is -2.37. The highest BCUT2D eigenvalue weighted by Crippen LogP contribution is 2.12. The van der Waals surface area contributed by atoms with Gasteiger partial charge >= 0.3 is 0 Å². The fraction of sp³-hybridized carbons (Fsp3) is 0.467. The van der Waals surface area contributed by atoms with Gasteiger partial charge in [-0.05, 0) is 44.3 Å². The summed E-state index contributed by atoms with van der Waals surface area (Å²) in [7, 11) is 2.08. The van der Waals surface area contributed by atoms with E-state index in [2.05, 4.69) is 11.9 Å². The molecule has 0 spiro atoms. The van der Waals surface area contributed by atoms with E-state index < -0.39 is 0 Å². The summed E-state index contributed by atoms with van der Waals surface area (Å²) < 4.78 is 5.53. The number of carbonyl (C=O) groups is 1. The molecule has 0 bridgehead atoms. The van der Waals surface area contributed by atoms with Crippen LogP contribution in [0.15, 0.2) is 24.3 Å². The van der Waals surface area contributed by atoms with Crippen LogP contribution in [0.1, 0.15) is 12.0 Å². The van der Waals surface area contributed by atoms with Crippen molar-refractivity contribution in [1.29, 1.82) is 0 Å². The number of carbonyl (C=O) groups excluding carboxylic acids is 1. The summed E-state index contributed by atoms with van der Waals surface area (Å²) in [5, 5.41) is 0. The van der Waals surface area contributed by atoms with Crippen LogP contribution in [0.5, 0.6) is 5.75 Å². The standard InChI is InChI=1S/C15H21N3O2S/c1-17-7-2-8-18(10-9-17)14(19)11-20-13-5-3-12(4-6-13)15(16)21/h3-6H,2,7-11H2,1H3,(H2,16,21). The van der Waals surface area contributed by atoms with Gasteiger partial charge in [-0.3, -0.25) is 4.79 Å². The third-order valence-corrected chi connectivity index (χ3v) is 3.81. The van der Waals surface area contributed by atoms with E-state index in [1.807, 2.05) is 4.90 Å². The molecule has 0 atom stereocenters. The van der Waals surface area contributed by atoms with E-state index >= 15 is 0 Å². The zero-order valence-corrected chi connectivity index (χ0v) is 13.1. The summed E-state index contributed by atoms with van der Waals surface area (Å²) in [5.74, 6) is 0.680. The molecule has 1 aromatic carbocycles. The Morgan fingerprint density at radius 1 is 1.24 bits per heavy atom. The molecule has 1 amide bonds. The lowest BCUT2D eigenvalue weighted by Gasteiger charge is -2.20. The van der Waals surface area contributed by atoms with Gasteiger partial charge < -0.3 is 20.3 Å². The first kappa shape index (κ1) is 15.7. The number of nitrogens with two attached hydrogens (primary N) is 1. The Morgan fingerprint density at radius 3 is 2.62 bits per heavy atom. The Balaban J connectivity index is 1.84. The zero-order chi connectivity index (χ0) is 15.2. The summed E-state index contributed by atoms with van der Waals surface area (Å²) in [6, 6.07) is 7.14. The molecule has 21 heavy (non-hydrogen) atoms. The van der Waals surface area contributed by atoms with Crippen LogP contribution < -0.4 is 10.5 Å². The smallest absolute Gasteiger partial charge is 0.260 e. The summed E-state index contributed by atoms with van der Waals surface area (Å²) in [4.78, 5) is 16.6. The molecule has 1 aliphatic heterocycles. The van der Waals surface area contributed by atoms with Crippen molar-refractivity contribution in [2.75, 3.05) is 39.8 Å². The van der Waals surface area contributed by atoms with Gasteiger partial charge in [-0.2, -0.15) is 0 Å². The highest BCUT2D eigenvalue weighted by Gasteiger charge is 2.17. The summed E-state index contributed by atoms with van der Waals surface area (Å²) in [6.07, 6.45) is 1.00. The molecule has 1 fully saturated rings. The number of thiocarbonyl (C=S) groups is 1. The average Bonchev–Trinajstić information content (AvgIpc) is 2.70. The van der Waals surface area contributed by atoms with Gasteiger partial charge in [-0.1, -0.05) is 12.2 Å². The van der Waals surface area contributed by atoms with Crippen molar-refractivity contribution in [3.63, 3.8) is 0 Å². The Labute approximate surface area is 130 Å². The van der Waals surface area contributed by atoms with Crippen LogP contribution in [0.2, 0.25) is 0 Å². The number of rotatable bonds is 4. The van der Waals surface area contributed by atoms with E-state index in [4.69, 9.17) is 22.7 Å². The topological polar surface area (TPSA) is 58.8 Å². The monoisotopic (exact) mass is 307 g/mol. The second kappa shape index (κ2) is 7.38. The Bertz CT molecular complexity index is 504. The molecule has 6 heteroatoms. The highest BCUT2D eigenvalue weighted by molar-refractivity contribution is 7.80. The second-order valence-electron chi connectivity index (χ2n) is 5.21. The van der Waals surface area contributed by atoms with Gasteiger partial charge in [-0.25, -0.2) is 0 Å². The molecule has 0 unspecified atom stereocenters. The van der Waals surface area contributed by atoms with E-state index in [-0.39, 0.29) is 12.5 Å². The lowest BCUT2D eigenvalue weighted by molar-refractivity contribution is -0.133. The zero-order valence-electron chi connectivity index (χ0n) is 12.2. The number of amides is 1. The molecule has 1 saturated heterocycles. The van der Waals surface area contributed by atoms with Gasteiger partial charge in [0.1, 0.15) is 10.7 Å². The summed E-state index contributed by atoms with van der Waals surface area (Å²) >= 11 is 4.89. The normalized spacial score (nSPS) is 16.3. The van der Waals surface area contributed by atoms with Crippen LogP contribution in [0.3, 0.4) is 0 Å². The second-order valence-corrected chi connectivity index (χ2v) is 5.65. The lowest BCUT2D eigenvalue weighted by atomic mass is 10.2. The predicted molar refractivity (Wildman–Crippen MR) is 86.5 cm³/mol. The largest absolute Gasteiger partial charge is 0.484 e. The van der Waals surface area contributed by atoms with Crippen molar-refractivity contribution < 1.29 is 9.53 Å². The minimum atomic E-state index is 0.0312. The van der Waals surface area contributed by atoms with Crippen LogP contribution in [0.25, 0.3) is 0 Å². The number of benzene rings is 1. The number of likely N-dealkylation sites (N-methyl/N-ethyl adjacent to an activating group) is 1. The van der Waals surface area contributed by atoms with Gasteiger partial charge in [0.05, 0.1) is 0 Å². The Kier molecular flexibility index (Phi) is 5.52. The van der Waals surface area contributed by atoms with E-state index in [1.165, 1.54) is 0 Å². The van der Waals surface area contributed by atoms with Crippen LogP contribution >= 0.6 is 12.2 Å². The fourth-order valence-electron chi connectivity index (χ4n) is 2.25. The first-order valence-electron chi connectivity index (χ1n) is 7.05. The molecule has 114 valence electrons. The van der Waals surface area contributed by atoms with Crippen molar-refractivity contribution in [2.24, 2.45) is 5.73 Å². The van der Waals surface area contributed by atoms with E-state index in [0.29, 0.717) is 10.7 Å². The van der Waals surface area contributed by atoms with Crippen LogP contribution in [0, 0.1) is 0 Å². The minimum Gasteiger partial charge on any atom is -0.484 e. The fourth-order valence-corrected chi connectivity index (χ4v) is 2.38. The van der Waals surface area contributed by atoms with Gasteiger partial charge in [0.15, 0.2) is 6.61 Å². The molecule has 0 aromatic heterocycles. The predicted octanol–water partition coefficient (Wildman–Crippen LogP) is 0.864. The molecule has 1 aromatic rings. The average molecular weight is 307 g/mol. The molecule has 0 saturated carbocycles. The quantitative estimate of drug-likeness (QED) is 0.836. The summed E-state index contributed by atoms with van der Waals surface area (Å²) in [6.45, 7) is 3.57. The maximum atomic E-state index is 12.1. The van der Waals surface area contributed by atoms with E-state index in [1.54, 1.807) is 24.3 Å². The molecule has 2 N–H and O–H groups in total. The first-order valence-corrected chi connectivity index (χ1v) is 7.46. The van der Waals surface area contributed by atoms with Crippen molar-refractivity contribution >= 4 is 23.1 Å². The van der Waals surface area contributed by atoms with Crippen molar-refractivity contribution in [3.8, 4) is 5.75 Å². The number of ether oxygens (including phenoxy) is 1. The molecule has 1 heterocycles. The van der Waals surface area contributed by atoms with Gasteiger partial charge in [0.2, 0.25) is 0 Å². The minimum absolute atomic E-state index is 0.0312. The summed E-state index contributed by atoms with van der Waals surface area (Å²) in [5.41, 5.74) is 6.33. The highest BCUT2D eigenvalue weighted by atomic mass is 32.1. The molecular formula is C15H21N3O2S. The maximum absolute atomic E-state index is 12.1. The number of nitrogens with zero attached hydrogens (tertiary/aromatic N) is 2. The molecule has 5 nitrogen and oxygen atoms in total. The third kappa shape index (κ3) is 4.68. The molecule has 2 rings (SSSR count). The van der Waals surface area contributed by atoms with Crippen molar-refractivity contribution in [2.45, 2.75) is 6.42 Å². The Hall–Kier alpha value is -1.66. The molecular weight excluding hydrogens is 286 g/mol. The van der Waals surface area contributed by atoms with E-state index in [0.717, 1.165) is 38.2 Å². The van der Waals surface area contributed by atoms with Crippen LogP contribution in [0.4, 0.5) is 0 Å². The number of hydrogen-bond donors (Lipinski definition) is 1. The van der Waals surface area contributed by atoms with Gasteiger partial charge in [-0.15, -0.1) is 0 Å². The van der Waals surface area contributed by atoms with Crippen LogP contribution in [-0.4, -0.2) is 60.5 Å². The van der Waals surface area contributed by atoms with E-state index in [9.17, 15) is 4.79 Å². The molecule has 1 aliphatic rings.